The molecule has 2 fully saturated rings. The molecule has 1 aromatic carbocycles. The summed E-state index contributed by atoms with van der Waals surface area (Å²) in [6, 6.07) is 9.67. The molecule has 3 heteroatoms. The van der Waals surface area contributed by atoms with Crippen LogP contribution in [0.2, 0.25) is 0 Å². The summed E-state index contributed by atoms with van der Waals surface area (Å²) in [5.41, 5.74) is 7.07. The summed E-state index contributed by atoms with van der Waals surface area (Å²) >= 11 is 0. The first-order chi connectivity index (χ1) is 9.27. The fourth-order valence-electron chi connectivity index (χ4n) is 3.66. The van der Waals surface area contributed by atoms with E-state index in [-0.39, 0.29) is 5.91 Å². The Bertz CT molecular complexity index is 445. The molecule has 1 heterocycles. The van der Waals surface area contributed by atoms with Crippen molar-refractivity contribution in [1.82, 2.24) is 4.90 Å². The summed E-state index contributed by atoms with van der Waals surface area (Å²) in [7, 11) is 0. The van der Waals surface area contributed by atoms with Crippen molar-refractivity contribution in [3.05, 3.63) is 35.9 Å². The second kappa shape index (κ2) is 5.33. The van der Waals surface area contributed by atoms with Crippen LogP contribution in [-0.2, 0) is 4.79 Å². The fourth-order valence-corrected chi connectivity index (χ4v) is 3.66. The molecule has 1 amide bonds. The van der Waals surface area contributed by atoms with E-state index >= 15 is 0 Å². The smallest absolute Gasteiger partial charge is 0.244 e. The highest BCUT2D eigenvalue weighted by Crippen LogP contribution is 2.37. The summed E-state index contributed by atoms with van der Waals surface area (Å²) in [4.78, 5) is 14.7. The van der Waals surface area contributed by atoms with Gasteiger partial charge in [-0.05, 0) is 30.7 Å². The third-order valence-electron chi connectivity index (χ3n) is 4.72. The lowest BCUT2D eigenvalue weighted by atomic mass is 9.85. The van der Waals surface area contributed by atoms with Gasteiger partial charge >= 0.3 is 0 Å². The van der Waals surface area contributed by atoms with Crippen LogP contribution >= 0.6 is 0 Å². The third kappa shape index (κ3) is 2.39. The molecule has 0 bridgehead atoms. The van der Waals surface area contributed by atoms with Crippen molar-refractivity contribution in [1.29, 1.82) is 0 Å². The van der Waals surface area contributed by atoms with Gasteiger partial charge in [-0.25, -0.2) is 0 Å². The molecule has 0 radical (unpaired) electrons. The average molecular weight is 258 g/mol. The third-order valence-corrected chi connectivity index (χ3v) is 4.72. The predicted molar refractivity (Wildman–Crippen MR) is 75.4 cm³/mol. The van der Waals surface area contributed by atoms with Crippen molar-refractivity contribution in [2.75, 3.05) is 6.54 Å². The van der Waals surface area contributed by atoms with Crippen molar-refractivity contribution in [2.24, 2.45) is 11.7 Å². The fraction of sp³-hybridized carbons (Fsp3) is 0.562. The van der Waals surface area contributed by atoms with E-state index < -0.39 is 6.04 Å². The maximum atomic E-state index is 12.6. The van der Waals surface area contributed by atoms with E-state index in [1.54, 1.807) is 0 Å². The van der Waals surface area contributed by atoms with E-state index in [1.807, 2.05) is 30.3 Å². The first-order valence-corrected chi connectivity index (χ1v) is 7.38. The molecule has 1 saturated carbocycles. The van der Waals surface area contributed by atoms with Gasteiger partial charge in [-0.2, -0.15) is 0 Å². The van der Waals surface area contributed by atoms with Crippen LogP contribution in [0.25, 0.3) is 0 Å². The SMILES string of the molecule is N[C@H](C(=O)N1CCC2CCCCC21)c1ccccc1. The highest BCUT2D eigenvalue weighted by molar-refractivity contribution is 5.83. The Kier molecular flexibility index (Phi) is 3.56. The zero-order chi connectivity index (χ0) is 13.2. The number of hydrogen-bond donors (Lipinski definition) is 1. The van der Waals surface area contributed by atoms with E-state index in [0.717, 1.165) is 30.9 Å². The molecule has 1 saturated heterocycles. The second-order valence-corrected chi connectivity index (χ2v) is 5.82. The molecule has 1 aromatic rings. The van der Waals surface area contributed by atoms with Crippen LogP contribution in [0.15, 0.2) is 30.3 Å². The highest BCUT2D eigenvalue weighted by Gasteiger charge is 2.39. The van der Waals surface area contributed by atoms with Crippen LogP contribution in [0.1, 0.15) is 43.7 Å². The van der Waals surface area contributed by atoms with Crippen LogP contribution in [0.5, 0.6) is 0 Å². The first kappa shape index (κ1) is 12.7. The van der Waals surface area contributed by atoms with Crippen LogP contribution in [0.4, 0.5) is 0 Å². The lowest BCUT2D eigenvalue weighted by molar-refractivity contribution is -0.134. The Hall–Kier alpha value is -1.35. The van der Waals surface area contributed by atoms with Gasteiger partial charge in [-0.15, -0.1) is 0 Å². The number of benzene rings is 1. The molecule has 2 unspecified atom stereocenters. The number of rotatable bonds is 2. The second-order valence-electron chi connectivity index (χ2n) is 5.82. The topological polar surface area (TPSA) is 46.3 Å². The normalized spacial score (nSPS) is 27.9. The highest BCUT2D eigenvalue weighted by atomic mass is 16.2. The van der Waals surface area contributed by atoms with Crippen molar-refractivity contribution >= 4 is 5.91 Å². The number of nitrogens with two attached hydrogens (primary N) is 1. The van der Waals surface area contributed by atoms with Crippen molar-refractivity contribution in [2.45, 2.75) is 44.2 Å². The summed E-state index contributed by atoms with van der Waals surface area (Å²) in [6.45, 7) is 0.898. The average Bonchev–Trinajstić information content (AvgIpc) is 2.90. The van der Waals surface area contributed by atoms with Gasteiger partial charge in [-0.3, -0.25) is 4.79 Å². The monoisotopic (exact) mass is 258 g/mol. The van der Waals surface area contributed by atoms with Gasteiger partial charge in [0.1, 0.15) is 6.04 Å². The molecule has 3 nitrogen and oxygen atoms in total. The molecule has 1 aliphatic heterocycles. The number of hydrogen-bond acceptors (Lipinski definition) is 2. The van der Waals surface area contributed by atoms with Crippen LogP contribution in [-0.4, -0.2) is 23.4 Å². The van der Waals surface area contributed by atoms with Gasteiger partial charge in [0.05, 0.1) is 0 Å². The molecular formula is C16H22N2O. The van der Waals surface area contributed by atoms with E-state index in [1.165, 1.54) is 19.3 Å². The summed E-state index contributed by atoms with van der Waals surface area (Å²) in [6.07, 6.45) is 6.20. The maximum absolute atomic E-state index is 12.6. The number of fused-ring (bicyclic) bond motifs is 1. The first-order valence-electron chi connectivity index (χ1n) is 7.38. The minimum Gasteiger partial charge on any atom is -0.338 e. The quantitative estimate of drug-likeness (QED) is 0.886. The van der Waals surface area contributed by atoms with Crippen LogP contribution in [0.3, 0.4) is 0 Å². The van der Waals surface area contributed by atoms with Crippen LogP contribution < -0.4 is 5.73 Å². The maximum Gasteiger partial charge on any atom is 0.244 e. The van der Waals surface area contributed by atoms with Crippen molar-refractivity contribution in [3.63, 3.8) is 0 Å². The van der Waals surface area contributed by atoms with Gasteiger partial charge in [-0.1, -0.05) is 43.2 Å². The van der Waals surface area contributed by atoms with E-state index in [4.69, 9.17) is 5.73 Å². The minimum absolute atomic E-state index is 0.112. The Morgan fingerprint density at radius 3 is 2.68 bits per heavy atom. The van der Waals surface area contributed by atoms with Crippen molar-refractivity contribution < 1.29 is 4.79 Å². The number of nitrogens with zero attached hydrogens (tertiary/aromatic N) is 1. The predicted octanol–water partition coefficient (Wildman–Crippen LogP) is 2.48. The molecule has 2 N–H and O–H groups in total. The molecule has 2 aliphatic rings. The number of carbonyl (C=O) groups is 1. The Morgan fingerprint density at radius 1 is 1.16 bits per heavy atom. The zero-order valence-electron chi connectivity index (χ0n) is 11.3. The molecule has 102 valence electrons. The molecule has 0 spiro atoms. The number of likely N-dealkylation sites (tertiary alicyclic amines) is 1. The number of amides is 1. The van der Waals surface area contributed by atoms with Gasteiger partial charge in [0, 0.05) is 12.6 Å². The van der Waals surface area contributed by atoms with Crippen molar-refractivity contribution in [3.8, 4) is 0 Å². The van der Waals surface area contributed by atoms with E-state index in [2.05, 4.69) is 4.90 Å². The molecule has 19 heavy (non-hydrogen) atoms. The van der Waals surface area contributed by atoms with Crippen LogP contribution in [0, 0.1) is 5.92 Å². The molecular weight excluding hydrogens is 236 g/mol. The Morgan fingerprint density at radius 2 is 1.89 bits per heavy atom. The van der Waals surface area contributed by atoms with Gasteiger partial charge in [0.25, 0.3) is 0 Å². The van der Waals surface area contributed by atoms with E-state index in [9.17, 15) is 4.79 Å². The summed E-state index contributed by atoms with van der Waals surface area (Å²) in [5.74, 6) is 0.835. The standard InChI is InChI=1S/C16H22N2O/c17-15(13-7-2-1-3-8-13)16(19)18-11-10-12-6-4-5-9-14(12)18/h1-3,7-8,12,14-15H,4-6,9-11,17H2/t12?,14?,15-/m0/s1. The largest absolute Gasteiger partial charge is 0.338 e. The zero-order valence-corrected chi connectivity index (χ0v) is 11.3. The molecule has 3 atom stereocenters. The molecule has 3 rings (SSSR count). The molecule has 0 aromatic heterocycles. The molecule has 1 aliphatic carbocycles. The lowest BCUT2D eigenvalue weighted by Gasteiger charge is -2.33. The van der Waals surface area contributed by atoms with E-state index in [0.29, 0.717) is 6.04 Å². The summed E-state index contributed by atoms with van der Waals surface area (Å²) in [5, 5.41) is 0. The number of carbonyl (C=O) groups excluding carboxylic acids is 1. The lowest BCUT2D eigenvalue weighted by Crippen LogP contribution is -2.43. The Labute approximate surface area is 114 Å². The van der Waals surface area contributed by atoms with Gasteiger partial charge in [0.2, 0.25) is 5.91 Å². The van der Waals surface area contributed by atoms with Gasteiger partial charge in [0.15, 0.2) is 0 Å². The Balaban J connectivity index is 1.73. The summed E-state index contributed by atoms with van der Waals surface area (Å²) < 4.78 is 0. The minimum atomic E-state index is -0.498. The van der Waals surface area contributed by atoms with Gasteiger partial charge < -0.3 is 10.6 Å².